The van der Waals surface area contributed by atoms with Gasteiger partial charge in [-0.25, -0.2) is 4.98 Å². The summed E-state index contributed by atoms with van der Waals surface area (Å²) in [6, 6.07) is 1.83. The Morgan fingerprint density at radius 3 is 2.96 bits per heavy atom. The van der Waals surface area contributed by atoms with Crippen LogP contribution in [0, 0.1) is 13.8 Å². The highest BCUT2D eigenvalue weighted by Gasteiger charge is 2.24. The number of hydrogen-bond acceptors (Lipinski definition) is 5. The first-order valence-electron chi connectivity index (χ1n) is 7.88. The van der Waals surface area contributed by atoms with Gasteiger partial charge < -0.3 is 10.2 Å². The molecule has 3 rings (SSSR count). The molecule has 2 aromatic rings. The molecular formula is C16H22N6O. The lowest BCUT2D eigenvalue weighted by molar-refractivity contribution is 0.0923. The van der Waals surface area contributed by atoms with Gasteiger partial charge in [-0.3, -0.25) is 14.5 Å². The second kappa shape index (κ2) is 6.36. The second-order valence-electron chi connectivity index (χ2n) is 6.02. The van der Waals surface area contributed by atoms with Crippen molar-refractivity contribution in [2.45, 2.75) is 32.7 Å². The zero-order chi connectivity index (χ0) is 16.4. The van der Waals surface area contributed by atoms with Gasteiger partial charge in [0, 0.05) is 38.6 Å². The Bertz CT molecular complexity index is 710. The van der Waals surface area contributed by atoms with Crippen LogP contribution in [0.2, 0.25) is 0 Å². The molecule has 2 aromatic heterocycles. The molecular weight excluding hydrogens is 292 g/mol. The van der Waals surface area contributed by atoms with Crippen LogP contribution in [0.5, 0.6) is 0 Å². The van der Waals surface area contributed by atoms with Gasteiger partial charge in [-0.15, -0.1) is 0 Å². The molecule has 0 saturated carbocycles. The molecule has 0 radical (unpaired) electrons. The third-order valence-corrected chi connectivity index (χ3v) is 4.16. The standard InChI is InChI=1S/C16H22N6O/c1-11-9-17-12(2)15(19-11)22-8-4-5-13(10-22)20-16(23)14-6-7-18-21(14)3/h6-7,9,13H,4-5,8,10H2,1-3H3,(H,20,23). The van der Waals surface area contributed by atoms with Gasteiger partial charge in [0.2, 0.25) is 0 Å². The first-order valence-corrected chi connectivity index (χ1v) is 7.88. The number of amides is 1. The summed E-state index contributed by atoms with van der Waals surface area (Å²) in [4.78, 5) is 23.6. The number of carbonyl (C=O) groups is 1. The van der Waals surface area contributed by atoms with E-state index in [1.807, 2.05) is 13.8 Å². The lowest BCUT2D eigenvalue weighted by Crippen LogP contribution is -2.48. The summed E-state index contributed by atoms with van der Waals surface area (Å²) in [7, 11) is 1.77. The fraction of sp³-hybridized carbons (Fsp3) is 0.500. The molecule has 0 aromatic carbocycles. The Morgan fingerprint density at radius 1 is 1.39 bits per heavy atom. The van der Waals surface area contributed by atoms with Crippen LogP contribution in [-0.4, -0.2) is 44.8 Å². The first-order chi connectivity index (χ1) is 11.0. The first kappa shape index (κ1) is 15.5. The van der Waals surface area contributed by atoms with E-state index in [4.69, 9.17) is 0 Å². The number of carbonyl (C=O) groups excluding carboxylic acids is 1. The van der Waals surface area contributed by atoms with E-state index in [2.05, 4.69) is 25.3 Å². The third kappa shape index (κ3) is 3.33. The highest BCUT2D eigenvalue weighted by atomic mass is 16.2. The molecule has 1 saturated heterocycles. The van der Waals surface area contributed by atoms with Gasteiger partial charge in [0.05, 0.1) is 11.4 Å². The zero-order valence-corrected chi connectivity index (χ0v) is 13.8. The van der Waals surface area contributed by atoms with Gasteiger partial charge in [0.15, 0.2) is 0 Å². The van der Waals surface area contributed by atoms with Crippen molar-refractivity contribution < 1.29 is 4.79 Å². The van der Waals surface area contributed by atoms with Crippen molar-refractivity contribution >= 4 is 11.7 Å². The zero-order valence-electron chi connectivity index (χ0n) is 13.8. The number of rotatable bonds is 3. The van der Waals surface area contributed by atoms with E-state index in [1.54, 1.807) is 30.2 Å². The van der Waals surface area contributed by atoms with Gasteiger partial charge in [0.25, 0.3) is 5.91 Å². The summed E-state index contributed by atoms with van der Waals surface area (Å²) in [6.07, 6.45) is 5.40. The van der Waals surface area contributed by atoms with E-state index in [9.17, 15) is 4.79 Å². The van der Waals surface area contributed by atoms with Crippen molar-refractivity contribution in [2.75, 3.05) is 18.0 Å². The SMILES string of the molecule is Cc1cnc(C)c(N2CCCC(NC(=O)c3ccnn3C)C2)n1. The maximum absolute atomic E-state index is 12.3. The molecule has 1 amide bonds. The molecule has 23 heavy (non-hydrogen) atoms. The molecule has 1 N–H and O–H groups in total. The van der Waals surface area contributed by atoms with Gasteiger partial charge in [-0.05, 0) is 32.8 Å². The summed E-state index contributed by atoms with van der Waals surface area (Å²) in [5, 5.41) is 7.15. The van der Waals surface area contributed by atoms with E-state index >= 15 is 0 Å². The van der Waals surface area contributed by atoms with E-state index in [0.29, 0.717) is 5.69 Å². The normalized spacial score (nSPS) is 18.0. The monoisotopic (exact) mass is 314 g/mol. The lowest BCUT2D eigenvalue weighted by atomic mass is 10.1. The maximum Gasteiger partial charge on any atom is 0.269 e. The predicted octanol–water partition coefficient (Wildman–Crippen LogP) is 1.23. The number of aryl methyl sites for hydroxylation is 3. The highest BCUT2D eigenvalue weighted by molar-refractivity contribution is 5.92. The summed E-state index contributed by atoms with van der Waals surface area (Å²) in [6.45, 7) is 5.61. The van der Waals surface area contributed by atoms with Gasteiger partial charge in [-0.2, -0.15) is 5.10 Å². The van der Waals surface area contributed by atoms with Crippen molar-refractivity contribution in [3.8, 4) is 0 Å². The molecule has 1 atom stereocenters. The number of nitrogens with one attached hydrogen (secondary N) is 1. The van der Waals surface area contributed by atoms with Crippen LogP contribution >= 0.6 is 0 Å². The smallest absolute Gasteiger partial charge is 0.269 e. The van der Waals surface area contributed by atoms with Crippen molar-refractivity contribution in [1.82, 2.24) is 25.1 Å². The van der Waals surface area contributed by atoms with E-state index in [0.717, 1.165) is 43.1 Å². The van der Waals surface area contributed by atoms with Crippen molar-refractivity contribution in [3.63, 3.8) is 0 Å². The Morgan fingerprint density at radius 2 is 2.22 bits per heavy atom. The minimum atomic E-state index is -0.0797. The van der Waals surface area contributed by atoms with Crippen LogP contribution < -0.4 is 10.2 Å². The number of aromatic nitrogens is 4. The van der Waals surface area contributed by atoms with Crippen molar-refractivity contribution in [3.05, 3.63) is 35.5 Å². The van der Waals surface area contributed by atoms with Crippen LogP contribution in [0.1, 0.15) is 34.7 Å². The minimum Gasteiger partial charge on any atom is -0.353 e. The van der Waals surface area contributed by atoms with Gasteiger partial charge in [0.1, 0.15) is 11.5 Å². The Kier molecular flexibility index (Phi) is 4.27. The number of anilines is 1. The Labute approximate surface area is 135 Å². The van der Waals surface area contributed by atoms with Crippen LogP contribution in [0.4, 0.5) is 5.82 Å². The van der Waals surface area contributed by atoms with E-state index < -0.39 is 0 Å². The van der Waals surface area contributed by atoms with Crippen molar-refractivity contribution in [2.24, 2.45) is 7.05 Å². The molecule has 1 fully saturated rings. The summed E-state index contributed by atoms with van der Waals surface area (Å²) in [5.74, 6) is 0.841. The molecule has 1 aliphatic rings. The second-order valence-corrected chi connectivity index (χ2v) is 6.02. The van der Waals surface area contributed by atoms with E-state index in [-0.39, 0.29) is 11.9 Å². The van der Waals surface area contributed by atoms with Crippen molar-refractivity contribution in [1.29, 1.82) is 0 Å². The third-order valence-electron chi connectivity index (χ3n) is 4.16. The quantitative estimate of drug-likeness (QED) is 0.922. The average molecular weight is 314 g/mol. The fourth-order valence-electron chi connectivity index (χ4n) is 2.97. The molecule has 1 unspecified atom stereocenters. The molecule has 122 valence electrons. The topological polar surface area (TPSA) is 75.9 Å². The largest absolute Gasteiger partial charge is 0.353 e. The molecule has 0 spiro atoms. The molecule has 7 heteroatoms. The molecule has 0 bridgehead atoms. The molecule has 3 heterocycles. The molecule has 0 aliphatic carbocycles. The Hall–Kier alpha value is -2.44. The van der Waals surface area contributed by atoms with Crippen LogP contribution in [0.15, 0.2) is 18.5 Å². The number of piperidine rings is 1. The Balaban J connectivity index is 1.70. The fourth-order valence-corrected chi connectivity index (χ4v) is 2.97. The minimum absolute atomic E-state index is 0.0797. The lowest BCUT2D eigenvalue weighted by Gasteiger charge is -2.34. The van der Waals surface area contributed by atoms with E-state index in [1.165, 1.54) is 0 Å². The van der Waals surface area contributed by atoms with Crippen LogP contribution in [-0.2, 0) is 7.05 Å². The average Bonchev–Trinajstić information content (AvgIpc) is 2.96. The highest BCUT2D eigenvalue weighted by Crippen LogP contribution is 2.20. The molecule has 1 aliphatic heterocycles. The molecule has 7 nitrogen and oxygen atoms in total. The van der Waals surface area contributed by atoms with Gasteiger partial charge >= 0.3 is 0 Å². The van der Waals surface area contributed by atoms with Gasteiger partial charge in [-0.1, -0.05) is 0 Å². The number of hydrogen-bond donors (Lipinski definition) is 1. The summed E-state index contributed by atoms with van der Waals surface area (Å²) < 4.78 is 1.59. The summed E-state index contributed by atoms with van der Waals surface area (Å²) in [5.41, 5.74) is 2.41. The number of nitrogens with zero attached hydrogens (tertiary/aromatic N) is 5. The predicted molar refractivity (Wildman–Crippen MR) is 87.4 cm³/mol. The van der Waals surface area contributed by atoms with Crippen LogP contribution in [0.3, 0.4) is 0 Å². The maximum atomic E-state index is 12.3. The van der Waals surface area contributed by atoms with Crippen LogP contribution in [0.25, 0.3) is 0 Å². The summed E-state index contributed by atoms with van der Waals surface area (Å²) >= 11 is 0.